The van der Waals surface area contributed by atoms with Gasteiger partial charge in [-0.15, -0.1) is 0 Å². The van der Waals surface area contributed by atoms with Crippen molar-refractivity contribution in [1.29, 1.82) is 0 Å². The van der Waals surface area contributed by atoms with Crippen LogP contribution in [0.2, 0.25) is 0 Å². The smallest absolute Gasteiger partial charge is 0.0482 e. The van der Waals surface area contributed by atoms with E-state index >= 15 is 0 Å². The second-order valence-electron chi connectivity index (χ2n) is 8.45. The number of aliphatic hydroxyl groups is 1. The van der Waals surface area contributed by atoms with E-state index < -0.39 is 0 Å². The lowest BCUT2D eigenvalue weighted by Crippen LogP contribution is -2.20. The number of thioether (sulfide) groups is 2. The monoisotopic (exact) mass is 358 g/mol. The first-order chi connectivity index (χ1) is 11.1. The second-order valence-corrected chi connectivity index (χ2v) is 11.5. The van der Waals surface area contributed by atoms with Gasteiger partial charge in [0.25, 0.3) is 0 Å². The van der Waals surface area contributed by atoms with Gasteiger partial charge in [-0.1, -0.05) is 39.5 Å². The maximum Gasteiger partial charge on any atom is 0.0482 e. The third-order valence-corrected chi connectivity index (χ3v) is 8.75. The van der Waals surface area contributed by atoms with E-state index in [0.717, 1.165) is 15.7 Å². The highest BCUT2D eigenvalue weighted by atomic mass is 32.2. The Morgan fingerprint density at radius 3 is 2.17 bits per heavy atom. The molecule has 2 aliphatic heterocycles. The Labute approximate surface area is 153 Å². The van der Waals surface area contributed by atoms with Gasteiger partial charge in [0.05, 0.1) is 0 Å². The minimum absolute atomic E-state index is 0.121. The fourth-order valence-corrected chi connectivity index (χ4v) is 7.03. The van der Waals surface area contributed by atoms with Gasteiger partial charge in [0.2, 0.25) is 0 Å². The molecule has 2 heterocycles. The molecule has 0 radical (unpaired) electrons. The molecule has 3 atom stereocenters. The Bertz CT molecular complexity index is 313. The molecule has 0 saturated carbocycles. The molecule has 23 heavy (non-hydrogen) atoms. The third kappa shape index (κ3) is 8.05. The summed E-state index contributed by atoms with van der Waals surface area (Å²) in [7, 11) is 0. The normalized spacial score (nSPS) is 29.6. The highest BCUT2D eigenvalue weighted by Crippen LogP contribution is 2.38. The number of rotatable bonds is 9. The van der Waals surface area contributed by atoms with Gasteiger partial charge in [0.1, 0.15) is 0 Å². The van der Waals surface area contributed by atoms with Gasteiger partial charge in [-0.25, -0.2) is 0 Å². The Morgan fingerprint density at radius 1 is 0.870 bits per heavy atom. The van der Waals surface area contributed by atoms with Crippen LogP contribution in [0.4, 0.5) is 0 Å². The summed E-state index contributed by atoms with van der Waals surface area (Å²) in [4.78, 5) is 0. The van der Waals surface area contributed by atoms with E-state index in [2.05, 4.69) is 37.4 Å². The van der Waals surface area contributed by atoms with Crippen LogP contribution in [0, 0.1) is 5.41 Å². The first-order valence-corrected chi connectivity index (χ1v) is 12.0. The molecule has 1 nitrogen and oxygen atoms in total. The van der Waals surface area contributed by atoms with Crippen LogP contribution in [0.25, 0.3) is 0 Å². The highest BCUT2D eigenvalue weighted by molar-refractivity contribution is 8.00. The fourth-order valence-electron chi connectivity index (χ4n) is 3.90. The molecule has 0 aromatic rings. The SMILES string of the molecule is CC(C)(CO)CCCC1CCCC(CCCC2CCCCS2)S1. The summed E-state index contributed by atoms with van der Waals surface area (Å²) in [5, 5.41) is 12.2. The van der Waals surface area contributed by atoms with Gasteiger partial charge in [0, 0.05) is 22.4 Å². The number of aliphatic hydroxyl groups excluding tert-OH is 1. The van der Waals surface area contributed by atoms with Gasteiger partial charge in [-0.05, 0) is 62.5 Å². The van der Waals surface area contributed by atoms with E-state index in [1.165, 1.54) is 82.8 Å². The molecule has 0 aromatic carbocycles. The van der Waals surface area contributed by atoms with E-state index in [1.54, 1.807) is 0 Å². The zero-order valence-corrected chi connectivity index (χ0v) is 17.0. The Morgan fingerprint density at radius 2 is 1.52 bits per heavy atom. The molecule has 0 spiro atoms. The van der Waals surface area contributed by atoms with Crippen LogP contribution < -0.4 is 0 Å². The number of hydrogen-bond donors (Lipinski definition) is 1. The summed E-state index contributed by atoms with van der Waals surface area (Å²) in [6.45, 7) is 4.70. The minimum atomic E-state index is 0.121. The summed E-state index contributed by atoms with van der Waals surface area (Å²) in [5.74, 6) is 1.41. The molecule has 2 aliphatic rings. The Balaban J connectivity index is 1.57. The maximum atomic E-state index is 9.37. The van der Waals surface area contributed by atoms with Crippen LogP contribution in [0.15, 0.2) is 0 Å². The van der Waals surface area contributed by atoms with Crippen LogP contribution in [-0.4, -0.2) is 33.2 Å². The van der Waals surface area contributed by atoms with Crippen LogP contribution in [-0.2, 0) is 0 Å². The quantitative estimate of drug-likeness (QED) is 0.523. The highest BCUT2D eigenvalue weighted by Gasteiger charge is 2.24. The predicted octanol–water partition coefficient (Wildman–Crippen LogP) is 6.29. The molecular formula is C20H38OS2. The van der Waals surface area contributed by atoms with E-state index in [-0.39, 0.29) is 5.41 Å². The van der Waals surface area contributed by atoms with Crippen molar-refractivity contribution in [1.82, 2.24) is 0 Å². The minimum Gasteiger partial charge on any atom is -0.396 e. The molecule has 0 aromatic heterocycles. The average molecular weight is 359 g/mol. The van der Waals surface area contributed by atoms with Gasteiger partial charge in [0.15, 0.2) is 0 Å². The Kier molecular flexibility index (Phi) is 9.21. The predicted molar refractivity (Wildman–Crippen MR) is 108 cm³/mol. The van der Waals surface area contributed by atoms with Crippen molar-refractivity contribution >= 4 is 23.5 Å². The van der Waals surface area contributed by atoms with Crippen molar-refractivity contribution in [2.24, 2.45) is 5.41 Å². The van der Waals surface area contributed by atoms with E-state index in [9.17, 15) is 5.11 Å². The zero-order chi connectivity index (χ0) is 16.5. The summed E-state index contributed by atoms with van der Waals surface area (Å²) < 4.78 is 0. The standard InChI is InChI=1S/C20H38OS2/c1-20(2,16-21)14-7-13-19-12-6-11-18(23-19)10-5-9-17-8-3-4-15-22-17/h17-19,21H,3-16H2,1-2H3. The molecule has 0 amide bonds. The van der Waals surface area contributed by atoms with Crippen molar-refractivity contribution in [2.45, 2.75) is 107 Å². The molecular weight excluding hydrogens is 320 g/mol. The van der Waals surface area contributed by atoms with Gasteiger partial charge in [-0.3, -0.25) is 0 Å². The van der Waals surface area contributed by atoms with E-state index in [4.69, 9.17) is 0 Å². The van der Waals surface area contributed by atoms with Crippen molar-refractivity contribution in [3.8, 4) is 0 Å². The zero-order valence-electron chi connectivity index (χ0n) is 15.4. The van der Waals surface area contributed by atoms with Gasteiger partial charge < -0.3 is 5.11 Å². The average Bonchev–Trinajstić information content (AvgIpc) is 2.56. The lowest BCUT2D eigenvalue weighted by Gasteiger charge is -2.30. The second kappa shape index (κ2) is 10.6. The van der Waals surface area contributed by atoms with Crippen molar-refractivity contribution < 1.29 is 5.11 Å². The molecule has 2 rings (SSSR count). The van der Waals surface area contributed by atoms with Crippen molar-refractivity contribution in [2.75, 3.05) is 12.4 Å². The molecule has 1 N–H and O–H groups in total. The largest absolute Gasteiger partial charge is 0.396 e. The third-order valence-electron chi connectivity index (χ3n) is 5.57. The molecule has 0 bridgehead atoms. The van der Waals surface area contributed by atoms with Crippen LogP contribution >= 0.6 is 23.5 Å². The lowest BCUT2D eigenvalue weighted by atomic mass is 9.87. The first-order valence-electron chi connectivity index (χ1n) is 9.97. The number of hydrogen-bond acceptors (Lipinski definition) is 3. The molecule has 2 fully saturated rings. The first kappa shape index (κ1) is 20.0. The van der Waals surface area contributed by atoms with Crippen LogP contribution in [0.5, 0.6) is 0 Å². The Hall–Kier alpha value is 0.660. The molecule has 3 heteroatoms. The van der Waals surface area contributed by atoms with Crippen LogP contribution in [0.1, 0.15) is 90.9 Å². The van der Waals surface area contributed by atoms with Gasteiger partial charge in [-0.2, -0.15) is 23.5 Å². The summed E-state index contributed by atoms with van der Waals surface area (Å²) in [6, 6.07) is 0. The molecule has 0 aliphatic carbocycles. The topological polar surface area (TPSA) is 20.2 Å². The maximum absolute atomic E-state index is 9.37. The fraction of sp³-hybridized carbons (Fsp3) is 1.00. The molecule has 2 saturated heterocycles. The molecule has 3 unspecified atom stereocenters. The van der Waals surface area contributed by atoms with E-state index in [0.29, 0.717) is 6.61 Å². The lowest BCUT2D eigenvalue weighted by molar-refractivity contribution is 0.147. The summed E-state index contributed by atoms with van der Waals surface area (Å²) >= 11 is 4.55. The van der Waals surface area contributed by atoms with Crippen LogP contribution in [0.3, 0.4) is 0 Å². The van der Waals surface area contributed by atoms with Crippen molar-refractivity contribution in [3.05, 3.63) is 0 Å². The molecule has 136 valence electrons. The van der Waals surface area contributed by atoms with E-state index in [1.807, 2.05) is 0 Å². The summed E-state index contributed by atoms with van der Waals surface area (Å²) in [6.07, 6.45) is 17.0. The van der Waals surface area contributed by atoms with Gasteiger partial charge >= 0.3 is 0 Å². The van der Waals surface area contributed by atoms with Crippen molar-refractivity contribution in [3.63, 3.8) is 0 Å². The summed E-state index contributed by atoms with van der Waals surface area (Å²) in [5.41, 5.74) is 0.121.